The summed E-state index contributed by atoms with van der Waals surface area (Å²) in [7, 11) is 0. The SMILES string of the molecule is CCc1cc(N2CCCN(Cc3cccs3)CC2)c2nncn2n1. The fraction of sp³-hybridized carbons (Fsp3) is 0.471. The van der Waals surface area contributed by atoms with Gasteiger partial charge in [0.2, 0.25) is 5.65 Å². The van der Waals surface area contributed by atoms with Crippen molar-refractivity contribution >= 4 is 22.7 Å². The highest BCUT2D eigenvalue weighted by Gasteiger charge is 2.19. The smallest absolute Gasteiger partial charge is 0.200 e. The minimum Gasteiger partial charge on any atom is -0.367 e. The van der Waals surface area contributed by atoms with E-state index in [-0.39, 0.29) is 0 Å². The van der Waals surface area contributed by atoms with Crippen LogP contribution >= 0.6 is 11.3 Å². The topological polar surface area (TPSA) is 49.6 Å². The number of hydrogen-bond acceptors (Lipinski definition) is 6. The highest BCUT2D eigenvalue weighted by molar-refractivity contribution is 7.09. The summed E-state index contributed by atoms with van der Waals surface area (Å²) in [5.41, 5.74) is 3.10. The van der Waals surface area contributed by atoms with Gasteiger partial charge in [0.1, 0.15) is 6.33 Å². The molecule has 4 heterocycles. The highest BCUT2D eigenvalue weighted by Crippen LogP contribution is 2.23. The second-order valence-electron chi connectivity index (χ2n) is 6.17. The largest absolute Gasteiger partial charge is 0.367 e. The molecular weight excluding hydrogens is 320 g/mol. The van der Waals surface area contributed by atoms with Crippen LogP contribution in [0.25, 0.3) is 5.65 Å². The zero-order valence-electron chi connectivity index (χ0n) is 13.9. The van der Waals surface area contributed by atoms with Crippen molar-refractivity contribution in [2.24, 2.45) is 0 Å². The Morgan fingerprint density at radius 1 is 1.21 bits per heavy atom. The van der Waals surface area contributed by atoms with Gasteiger partial charge in [-0.3, -0.25) is 4.90 Å². The number of nitrogens with zero attached hydrogens (tertiary/aromatic N) is 6. The molecule has 0 unspecified atom stereocenters. The van der Waals surface area contributed by atoms with Gasteiger partial charge in [0.15, 0.2) is 0 Å². The van der Waals surface area contributed by atoms with Crippen LogP contribution in [-0.4, -0.2) is 50.9 Å². The van der Waals surface area contributed by atoms with Gasteiger partial charge in [-0.2, -0.15) is 9.61 Å². The Morgan fingerprint density at radius 3 is 3.00 bits per heavy atom. The van der Waals surface area contributed by atoms with Crippen molar-refractivity contribution in [3.63, 3.8) is 0 Å². The lowest BCUT2D eigenvalue weighted by molar-refractivity contribution is 0.288. The number of anilines is 1. The number of fused-ring (bicyclic) bond motifs is 1. The van der Waals surface area contributed by atoms with Crippen LogP contribution in [0.5, 0.6) is 0 Å². The van der Waals surface area contributed by atoms with Crippen LogP contribution in [0.3, 0.4) is 0 Å². The quantitative estimate of drug-likeness (QED) is 0.729. The van der Waals surface area contributed by atoms with Gasteiger partial charge in [-0.05, 0) is 30.4 Å². The number of thiophene rings is 1. The normalized spacial score (nSPS) is 16.6. The first-order chi connectivity index (χ1) is 11.8. The van der Waals surface area contributed by atoms with Gasteiger partial charge in [0, 0.05) is 37.6 Å². The summed E-state index contributed by atoms with van der Waals surface area (Å²) in [6, 6.07) is 6.54. The molecule has 0 atom stereocenters. The summed E-state index contributed by atoms with van der Waals surface area (Å²) < 4.78 is 1.81. The average Bonchev–Trinajstić information content (AvgIpc) is 3.22. The molecule has 24 heavy (non-hydrogen) atoms. The second kappa shape index (κ2) is 6.86. The molecule has 0 saturated carbocycles. The maximum atomic E-state index is 4.55. The molecular formula is C17H22N6S. The standard InChI is InChI=1S/C17H22N6S/c1-2-14-11-16(17-19-18-13-23(17)20-14)22-7-4-6-21(8-9-22)12-15-5-3-10-24-15/h3,5,10-11,13H,2,4,6-9,12H2,1H3. The fourth-order valence-corrected chi connectivity index (χ4v) is 4.01. The van der Waals surface area contributed by atoms with Crippen LogP contribution in [0, 0.1) is 0 Å². The summed E-state index contributed by atoms with van der Waals surface area (Å²) in [6.45, 7) is 7.47. The van der Waals surface area contributed by atoms with Crippen LogP contribution in [0.15, 0.2) is 29.9 Å². The Labute approximate surface area is 145 Å². The molecule has 4 rings (SSSR count). The maximum Gasteiger partial charge on any atom is 0.200 e. The van der Waals surface area contributed by atoms with Crippen LogP contribution in [-0.2, 0) is 13.0 Å². The Morgan fingerprint density at radius 2 is 2.17 bits per heavy atom. The molecule has 0 spiro atoms. The molecule has 0 N–H and O–H groups in total. The second-order valence-corrected chi connectivity index (χ2v) is 7.20. The van der Waals surface area contributed by atoms with Gasteiger partial charge in [-0.15, -0.1) is 21.5 Å². The van der Waals surface area contributed by atoms with Gasteiger partial charge in [0.05, 0.1) is 11.4 Å². The summed E-state index contributed by atoms with van der Waals surface area (Å²) in [6.07, 6.45) is 3.77. The molecule has 6 nitrogen and oxygen atoms in total. The first kappa shape index (κ1) is 15.5. The van der Waals surface area contributed by atoms with E-state index in [1.54, 1.807) is 6.33 Å². The Hall–Kier alpha value is -1.99. The summed E-state index contributed by atoms with van der Waals surface area (Å²) in [5, 5.41) is 15.0. The lowest BCUT2D eigenvalue weighted by Crippen LogP contribution is -2.30. The predicted molar refractivity (Wildman–Crippen MR) is 96.6 cm³/mol. The minimum absolute atomic E-state index is 0.860. The molecule has 1 aliphatic heterocycles. The van der Waals surface area contributed by atoms with E-state index in [2.05, 4.69) is 55.6 Å². The van der Waals surface area contributed by atoms with E-state index in [4.69, 9.17) is 0 Å². The van der Waals surface area contributed by atoms with Crippen LogP contribution in [0.1, 0.15) is 23.9 Å². The molecule has 0 amide bonds. The average molecular weight is 342 g/mol. The van der Waals surface area contributed by atoms with Crippen molar-refractivity contribution in [1.29, 1.82) is 0 Å². The van der Waals surface area contributed by atoms with E-state index >= 15 is 0 Å². The lowest BCUT2D eigenvalue weighted by Gasteiger charge is -2.24. The predicted octanol–water partition coefficient (Wildman–Crippen LogP) is 2.46. The Balaban J connectivity index is 1.54. The van der Waals surface area contributed by atoms with Gasteiger partial charge in [-0.1, -0.05) is 13.0 Å². The van der Waals surface area contributed by atoms with Crippen molar-refractivity contribution < 1.29 is 0 Å². The van der Waals surface area contributed by atoms with Gasteiger partial charge >= 0.3 is 0 Å². The van der Waals surface area contributed by atoms with Gasteiger partial charge in [0.25, 0.3) is 0 Å². The van der Waals surface area contributed by atoms with E-state index in [9.17, 15) is 0 Å². The van der Waals surface area contributed by atoms with Crippen LogP contribution in [0.4, 0.5) is 5.69 Å². The van der Waals surface area contributed by atoms with E-state index in [1.807, 2.05) is 15.9 Å². The lowest BCUT2D eigenvalue weighted by atomic mass is 10.2. The van der Waals surface area contributed by atoms with Crippen LogP contribution in [0.2, 0.25) is 0 Å². The van der Waals surface area contributed by atoms with Crippen molar-refractivity contribution in [3.8, 4) is 0 Å². The van der Waals surface area contributed by atoms with Gasteiger partial charge < -0.3 is 4.90 Å². The number of hydrogen-bond donors (Lipinski definition) is 0. The van der Waals surface area contributed by atoms with E-state index in [0.717, 1.165) is 62.6 Å². The number of aryl methyl sites for hydroxylation is 1. The maximum absolute atomic E-state index is 4.55. The van der Waals surface area contributed by atoms with E-state index in [1.165, 1.54) is 4.88 Å². The van der Waals surface area contributed by atoms with Crippen molar-refractivity contribution in [3.05, 3.63) is 40.5 Å². The molecule has 1 fully saturated rings. The summed E-state index contributed by atoms with van der Waals surface area (Å²) in [4.78, 5) is 6.44. The van der Waals surface area contributed by atoms with Crippen molar-refractivity contribution in [2.75, 3.05) is 31.1 Å². The zero-order chi connectivity index (χ0) is 16.4. The molecule has 7 heteroatoms. The highest BCUT2D eigenvalue weighted by atomic mass is 32.1. The minimum atomic E-state index is 0.860. The third-order valence-electron chi connectivity index (χ3n) is 4.55. The first-order valence-electron chi connectivity index (χ1n) is 8.53. The third kappa shape index (κ3) is 3.14. The van der Waals surface area contributed by atoms with E-state index < -0.39 is 0 Å². The molecule has 1 aliphatic rings. The van der Waals surface area contributed by atoms with Crippen molar-refractivity contribution in [1.82, 2.24) is 24.7 Å². The van der Waals surface area contributed by atoms with E-state index in [0.29, 0.717) is 0 Å². The molecule has 0 aliphatic carbocycles. The van der Waals surface area contributed by atoms with Gasteiger partial charge in [-0.25, -0.2) is 0 Å². The van der Waals surface area contributed by atoms with Crippen molar-refractivity contribution in [2.45, 2.75) is 26.3 Å². The Kier molecular flexibility index (Phi) is 4.44. The molecule has 1 saturated heterocycles. The fourth-order valence-electron chi connectivity index (χ4n) is 3.26. The summed E-state index contributed by atoms with van der Waals surface area (Å²) in [5.74, 6) is 0. The van der Waals surface area contributed by atoms with Crippen LogP contribution < -0.4 is 4.90 Å². The third-order valence-corrected chi connectivity index (χ3v) is 5.41. The number of aromatic nitrogens is 4. The first-order valence-corrected chi connectivity index (χ1v) is 9.41. The Bertz CT molecular complexity index is 797. The number of rotatable bonds is 4. The molecule has 0 bridgehead atoms. The summed E-state index contributed by atoms with van der Waals surface area (Å²) >= 11 is 1.84. The molecule has 0 radical (unpaired) electrons. The molecule has 0 aromatic carbocycles. The molecule has 3 aromatic heterocycles. The molecule has 3 aromatic rings. The monoisotopic (exact) mass is 342 g/mol. The zero-order valence-corrected chi connectivity index (χ0v) is 14.7. The molecule has 126 valence electrons.